The predicted molar refractivity (Wildman–Crippen MR) is 307 cm³/mol. The van der Waals surface area contributed by atoms with E-state index in [1.54, 1.807) is 0 Å². The summed E-state index contributed by atoms with van der Waals surface area (Å²) >= 11 is 0. The second kappa shape index (κ2) is 59.2. The second-order valence-corrected chi connectivity index (χ2v) is 19.9. The molecule has 1 atom stereocenters. The van der Waals surface area contributed by atoms with Crippen molar-refractivity contribution in [1.82, 2.24) is 0 Å². The molecule has 0 rings (SSSR count). The van der Waals surface area contributed by atoms with Gasteiger partial charge < -0.3 is 14.2 Å². The molecule has 0 radical (unpaired) electrons. The summed E-state index contributed by atoms with van der Waals surface area (Å²) in [6.45, 7) is 6.56. The molecule has 0 aromatic carbocycles. The Morgan fingerprint density at radius 1 is 0.282 bits per heavy atom. The lowest BCUT2D eigenvalue weighted by molar-refractivity contribution is -0.167. The van der Waals surface area contributed by atoms with Crippen LogP contribution in [0.3, 0.4) is 0 Å². The summed E-state index contributed by atoms with van der Waals surface area (Å²) in [4.78, 5) is 38.2. The number of esters is 3. The highest BCUT2D eigenvalue weighted by Gasteiger charge is 2.19. The number of ether oxygens (including phenoxy) is 3. The Balaban J connectivity index is 4.38. The fourth-order valence-electron chi connectivity index (χ4n) is 8.26. The number of carbonyl (C=O) groups is 3. The maximum Gasteiger partial charge on any atom is 0.306 e. The summed E-state index contributed by atoms with van der Waals surface area (Å²) in [5.74, 6) is -0.919. The second-order valence-electron chi connectivity index (χ2n) is 19.9. The van der Waals surface area contributed by atoms with Crippen molar-refractivity contribution in [3.8, 4) is 0 Å². The molecule has 0 aliphatic rings. The first-order valence-electron chi connectivity index (χ1n) is 30.1. The number of allylic oxidation sites excluding steroid dienone is 14. The van der Waals surface area contributed by atoms with Crippen LogP contribution < -0.4 is 0 Å². The van der Waals surface area contributed by atoms with E-state index in [4.69, 9.17) is 14.2 Å². The maximum absolute atomic E-state index is 12.9. The molecule has 0 aliphatic heterocycles. The van der Waals surface area contributed by atoms with Crippen molar-refractivity contribution >= 4 is 17.9 Å². The molecule has 0 N–H and O–H groups in total. The van der Waals surface area contributed by atoms with E-state index < -0.39 is 6.10 Å². The molecule has 0 heterocycles. The normalized spacial score (nSPS) is 12.7. The zero-order valence-electron chi connectivity index (χ0n) is 46.7. The minimum atomic E-state index is -0.794. The Morgan fingerprint density at radius 3 is 0.845 bits per heavy atom. The molecule has 71 heavy (non-hydrogen) atoms. The van der Waals surface area contributed by atoms with Gasteiger partial charge in [0.15, 0.2) is 6.10 Å². The van der Waals surface area contributed by atoms with Gasteiger partial charge in [0.25, 0.3) is 0 Å². The topological polar surface area (TPSA) is 78.9 Å². The Kier molecular flexibility index (Phi) is 56.3. The highest BCUT2D eigenvalue weighted by molar-refractivity contribution is 5.71. The molecule has 0 aromatic rings. The molecule has 0 aliphatic carbocycles. The summed E-state index contributed by atoms with van der Waals surface area (Å²) in [6, 6.07) is 0. The van der Waals surface area contributed by atoms with Crippen LogP contribution in [0, 0.1) is 0 Å². The molecule has 0 spiro atoms. The zero-order chi connectivity index (χ0) is 51.4. The van der Waals surface area contributed by atoms with E-state index in [2.05, 4.69) is 106 Å². The van der Waals surface area contributed by atoms with Gasteiger partial charge in [0.2, 0.25) is 0 Å². The van der Waals surface area contributed by atoms with Crippen molar-refractivity contribution < 1.29 is 28.6 Å². The molecule has 0 saturated heterocycles. The third-order valence-corrected chi connectivity index (χ3v) is 12.8. The van der Waals surface area contributed by atoms with Gasteiger partial charge in [-0.25, -0.2) is 0 Å². The van der Waals surface area contributed by atoms with Gasteiger partial charge in [-0.15, -0.1) is 0 Å². The Bertz CT molecular complexity index is 1370. The molecule has 0 aromatic heterocycles. The number of carbonyl (C=O) groups excluding carboxylic acids is 3. The van der Waals surface area contributed by atoms with E-state index in [1.807, 2.05) is 0 Å². The smallest absolute Gasteiger partial charge is 0.306 e. The van der Waals surface area contributed by atoms with E-state index in [9.17, 15) is 14.4 Å². The maximum atomic E-state index is 12.9. The average molecular weight is 990 g/mol. The fraction of sp³-hybridized carbons (Fsp3) is 0.738. The molecule has 408 valence electrons. The van der Waals surface area contributed by atoms with Crippen molar-refractivity contribution in [2.45, 2.75) is 297 Å². The van der Waals surface area contributed by atoms with E-state index >= 15 is 0 Å². The molecular formula is C65H112O6. The zero-order valence-corrected chi connectivity index (χ0v) is 46.7. The highest BCUT2D eigenvalue weighted by Crippen LogP contribution is 2.14. The molecule has 1 unspecified atom stereocenters. The van der Waals surface area contributed by atoms with Crippen molar-refractivity contribution in [3.05, 3.63) is 85.1 Å². The predicted octanol–water partition coefficient (Wildman–Crippen LogP) is 20.3. The lowest BCUT2D eigenvalue weighted by atomic mass is 10.1. The van der Waals surface area contributed by atoms with Crippen LogP contribution in [0.15, 0.2) is 85.1 Å². The molecular weight excluding hydrogens is 877 g/mol. The van der Waals surface area contributed by atoms with Crippen LogP contribution in [-0.4, -0.2) is 37.2 Å². The summed E-state index contributed by atoms with van der Waals surface area (Å²) in [5, 5.41) is 0. The Morgan fingerprint density at radius 2 is 0.521 bits per heavy atom. The Labute approximate surface area is 439 Å². The van der Waals surface area contributed by atoms with Crippen LogP contribution in [0.2, 0.25) is 0 Å². The molecule has 0 fully saturated rings. The summed E-state index contributed by atoms with van der Waals surface area (Å²) in [7, 11) is 0. The van der Waals surface area contributed by atoms with Crippen LogP contribution in [-0.2, 0) is 28.6 Å². The van der Waals surface area contributed by atoms with Crippen LogP contribution >= 0.6 is 0 Å². The summed E-state index contributed by atoms with van der Waals surface area (Å²) in [6.07, 6.45) is 77.2. The third kappa shape index (κ3) is 57.4. The lowest BCUT2D eigenvalue weighted by Gasteiger charge is -2.18. The fourth-order valence-corrected chi connectivity index (χ4v) is 8.26. The first kappa shape index (κ1) is 67.6. The van der Waals surface area contributed by atoms with Gasteiger partial charge in [-0.05, 0) is 116 Å². The standard InChI is InChI=1S/C65H112O6/c1-4-7-10-13-16-19-22-24-26-28-30-32-34-36-38-40-43-46-49-52-55-58-64(67)70-61-62(60-69-63(66)57-54-51-48-45-42-21-18-15-12-9-6-3)71-65(68)59-56-53-50-47-44-41-39-37-35-33-31-29-27-25-23-20-17-14-11-8-5-2/h15,18,22-25,28-31,34-37,62H,4-14,16-17,19-21,26-27,32-33,38-61H2,1-3H3/b18-15-,24-22-,25-23-,30-28-,31-29-,36-34-,37-35-. The molecule has 0 amide bonds. The highest BCUT2D eigenvalue weighted by atomic mass is 16.6. The summed E-state index contributed by atoms with van der Waals surface area (Å²) < 4.78 is 16.8. The van der Waals surface area contributed by atoms with Gasteiger partial charge in [-0.2, -0.15) is 0 Å². The molecule has 6 heteroatoms. The van der Waals surface area contributed by atoms with Gasteiger partial charge >= 0.3 is 17.9 Å². The molecule has 0 saturated carbocycles. The van der Waals surface area contributed by atoms with Crippen LogP contribution in [0.25, 0.3) is 0 Å². The van der Waals surface area contributed by atoms with E-state index in [1.165, 1.54) is 141 Å². The van der Waals surface area contributed by atoms with Gasteiger partial charge in [-0.1, -0.05) is 241 Å². The molecule has 6 nitrogen and oxygen atoms in total. The largest absolute Gasteiger partial charge is 0.462 e. The van der Waals surface area contributed by atoms with Crippen LogP contribution in [0.5, 0.6) is 0 Å². The minimum Gasteiger partial charge on any atom is -0.462 e. The SMILES string of the molecule is CCCC/C=C\CCCCCCCC(=O)OCC(COC(=O)CCCCCCCC/C=C\C/C=C\C/C=C\CCCCCCC)OC(=O)CCCCCCCC/C=C\C/C=C\C/C=C\CCCCCCC. The van der Waals surface area contributed by atoms with E-state index in [0.29, 0.717) is 19.3 Å². The van der Waals surface area contributed by atoms with Gasteiger partial charge in [0, 0.05) is 19.3 Å². The van der Waals surface area contributed by atoms with E-state index in [0.717, 1.165) is 109 Å². The van der Waals surface area contributed by atoms with Crippen molar-refractivity contribution in [2.24, 2.45) is 0 Å². The van der Waals surface area contributed by atoms with Crippen molar-refractivity contribution in [3.63, 3.8) is 0 Å². The monoisotopic (exact) mass is 989 g/mol. The summed E-state index contributed by atoms with van der Waals surface area (Å²) in [5.41, 5.74) is 0. The molecule has 0 bridgehead atoms. The minimum absolute atomic E-state index is 0.0908. The number of hydrogen-bond acceptors (Lipinski definition) is 6. The van der Waals surface area contributed by atoms with Gasteiger partial charge in [-0.3, -0.25) is 14.4 Å². The van der Waals surface area contributed by atoms with Crippen LogP contribution in [0.4, 0.5) is 0 Å². The van der Waals surface area contributed by atoms with Crippen molar-refractivity contribution in [2.75, 3.05) is 13.2 Å². The van der Waals surface area contributed by atoms with Gasteiger partial charge in [0.1, 0.15) is 13.2 Å². The average Bonchev–Trinajstić information content (AvgIpc) is 3.37. The van der Waals surface area contributed by atoms with Gasteiger partial charge in [0.05, 0.1) is 0 Å². The van der Waals surface area contributed by atoms with E-state index in [-0.39, 0.29) is 31.1 Å². The number of rotatable bonds is 54. The Hall–Kier alpha value is -3.41. The van der Waals surface area contributed by atoms with Crippen LogP contribution in [0.1, 0.15) is 290 Å². The first-order chi connectivity index (χ1) is 35.0. The third-order valence-electron chi connectivity index (χ3n) is 12.8. The quantitative estimate of drug-likeness (QED) is 0.0261. The lowest BCUT2D eigenvalue weighted by Crippen LogP contribution is -2.30. The van der Waals surface area contributed by atoms with Crippen molar-refractivity contribution in [1.29, 1.82) is 0 Å². The number of hydrogen-bond donors (Lipinski definition) is 0. The number of unbranched alkanes of at least 4 members (excludes halogenated alkanes) is 29. The first-order valence-corrected chi connectivity index (χ1v) is 30.1.